The Kier molecular flexibility index (Phi) is 4.70. The van der Waals surface area contributed by atoms with E-state index in [0.29, 0.717) is 5.56 Å². The first-order chi connectivity index (χ1) is 8.27. The Labute approximate surface area is 111 Å². The number of hydrogen-bond donors (Lipinski definition) is 0. The maximum absolute atomic E-state index is 12.1. The lowest BCUT2D eigenvalue weighted by atomic mass is 10.2. The van der Waals surface area contributed by atoms with Crippen LogP contribution in [0.3, 0.4) is 0 Å². The smallest absolute Gasteiger partial charge is 0.258 e. The molecule has 1 unspecified atom stereocenters. The molecule has 0 saturated heterocycles. The Morgan fingerprint density at radius 3 is 2.56 bits per heavy atom. The van der Waals surface area contributed by atoms with Crippen molar-refractivity contribution in [2.75, 3.05) is 11.6 Å². The van der Waals surface area contributed by atoms with E-state index in [1.165, 1.54) is 18.2 Å². The first kappa shape index (κ1) is 14.9. The molecule has 1 atom stereocenters. The molecule has 1 rings (SSSR count). The van der Waals surface area contributed by atoms with Crippen molar-refractivity contribution >= 4 is 27.1 Å². The molecule has 0 amide bonds. The van der Waals surface area contributed by atoms with Gasteiger partial charge < -0.3 is 0 Å². The summed E-state index contributed by atoms with van der Waals surface area (Å²) in [6, 6.07) is 4.06. The average molecular weight is 292 g/mol. The Balaban J connectivity index is 3.30. The predicted molar refractivity (Wildman–Crippen MR) is 69.8 cm³/mol. The summed E-state index contributed by atoms with van der Waals surface area (Å²) >= 11 is 5.58. The molecule has 0 aliphatic carbocycles. The van der Waals surface area contributed by atoms with E-state index in [4.69, 9.17) is 11.6 Å². The van der Waals surface area contributed by atoms with Crippen LogP contribution in [0.5, 0.6) is 0 Å². The lowest BCUT2D eigenvalue weighted by Gasteiger charge is -2.09. The molecule has 18 heavy (non-hydrogen) atoms. The number of rotatable bonds is 5. The molecule has 1 aromatic carbocycles. The maximum atomic E-state index is 12.1. The van der Waals surface area contributed by atoms with Crippen LogP contribution in [0.1, 0.15) is 12.5 Å². The van der Waals surface area contributed by atoms with E-state index in [2.05, 4.69) is 0 Å². The van der Waals surface area contributed by atoms with Crippen LogP contribution >= 0.6 is 11.6 Å². The van der Waals surface area contributed by atoms with Gasteiger partial charge in [-0.2, -0.15) is 0 Å². The highest BCUT2D eigenvalue weighted by Crippen LogP contribution is 2.27. The minimum atomic E-state index is -3.70. The molecule has 0 N–H and O–H groups in total. The fourth-order valence-electron chi connectivity index (χ4n) is 1.53. The van der Waals surface area contributed by atoms with Crippen molar-refractivity contribution in [1.82, 2.24) is 0 Å². The predicted octanol–water partition coefficient (Wildman–Crippen LogP) is 2.55. The van der Waals surface area contributed by atoms with Gasteiger partial charge in [0.15, 0.2) is 9.84 Å². The lowest BCUT2D eigenvalue weighted by Crippen LogP contribution is -2.16. The van der Waals surface area contributed by atoms with Gasteiger partial charge in [0, 0.05) is 11.9 Å². The van der Waals surface area contributed by atoms with Crippen LogP contribution < -0.4 is 0 Å². The van der Waals surface area contributed by atoms with Gasteiger partial charge in [0.1, 0.15) is 4.90 Å². The molecule has 0 radical (unpaired) electrons. The fourth-order valence-corrected chi connectivity index (χ4v) is 3.64. The second kappa shape index (κ2) is 5.67. The fraction of sp³-hybridized carbons (Fsp3) is 0.455. The van der Waals surface area contributed by atoms with Gasteiger partial charge in [0.25, 0.3) is 5.69 Å². The van der Waals surface area contributed by atoms with Gasteiger partial charge in [-0.25, -0.2) is 8.42 Å². The molecule has 1 aromatic rings. The van der Waals surface area contributed by atoms with Gasteiger partial charge in [0.05, 0.1) is 10.7 Å². The molecule has 0 heterocycles. The van der Waals surface area contributed by atoms with Crippen LogP contribution in [-0.2, 0) is 9.84 Å². The molecule has 0 aliphatic rings. The summed E-state index contributed by atoms with van der Waals surface area (Å²) < 4.78 is 24.2. The van der Waals surface area contributed by atoms with E-state index in [9.17, 15) is 18.5 Å². The summed E-state index contributed by atoms with van der Waals surface area (Å²) in [7, 11) is -3.70. The first-order valence-corrected chi connectivity index (χ1v) is 7.50. The monoisotopic (exact) mass is 291 g/mol. The van der Waals surface area contributed by atoms with Crippen molar-refractivity contribution in [2.24, 2.45) is 5.92 Å². The molecule has 0 fully saturated rings. The third kappa shape index (κ3) is 3.43. The number of nitro benzene ring substituents is 1. The largest absolute Gasteiger partial charge is 0.287 e. The molecular weight excluding hydrogens is 278 g/mol. The third-order valence-corrected chi connectivity index (χ3v) is 4.95. The summed E-state index contributed by atoms with van der Waals surface area (Å²) in [4.78, 5) is 9.94. The second-order valence-electron chi connectivity index (χ2n) is 4.27. The van der Waals surface area contributed by atoms with Crippen molar-refractivity contribution in [3.63, 3.8) is 0 Å². The number of nitrogens with zero attached hydrogens (tertiary/aromatic N) is 1. The highest BCUT2D eigenvalue weighted by atomic mass is 35.5. The van der Waals surface area contributed by atoms with Crippen LogP contribution in [0.4, 0.5) is 5.69 Å². The summed E-state index contributed by atoms with van der Waals surface area (Å²) in [5.41, 5.74) is 0.278. The van der Waals surface area contributed by atoms with Crippen LogP contribution in [-0.4, -0.2) is 25.0 Å². The minimum Gasteiger partial charge on any atom is -0.258 e. The molecule has 0 spiro atoms. The van der Waals surface area contributed by atoms with E-state index in [0.717, 1.165) is 0 Å². The molecule has 7 heteroatoms. The lowest BCUT2D eigenvalue weighted by molar-refractivity contribution is -0.387. The zero-order valence-electron chi connectivity index (χ0n) is 10.1. The van der Waals surface area contributed by atoms with E-state index in [1.807, 2.05) is 0 Å². The summed E-state index contributed by atoms with van der Waals surface area (Å²) in [6.07, 6.45) is 0. The maximum Gasteiger partial charge on any atom is 0.287 e. The van der Waals surface area contributed by atoms with E-state index in [1.54, 1.807) is 13.8 Å². The number of benzene rings is 1. The number of sulfone groups is 1. The Hall–Kier alpha value is -1.14. The van der Waals surface area contributed by atoms with Crippen molar-refractivity contribution < 1.29 is 13.3 Å². The quantitative estimate of drug-likeness (QED) is 0.474. The van der Waals surface area contributed by atoms with E-state index >= 15 is 0 Å². The van der Waals surface area contributed by atoms with Gasteiger partial charge in [-0.1, -0.05) is 13.0 Å². The van der Waals surface area contributed by atoms with Crippen LogP contribution in [0.2, 0.25) is 0 Å². The number of alkyl halides is 1. The molecule has 5 nitrogen and oxygen atoms in total. The molecular formula is C11H14ClNO4S. The van der Waals surface area contributed by atoms with Gasteiger partial charge in [-0.15, -0.1) is 11.6 Å². The molecule has 0 bridgehead atoms. The van der Waals surface area contributed by atoms with E-state index in [-0.39, 0.29) is 28.1 Å². The van der Waals surface area contributed by atoms with Crippen LogP contribution in [0, 0.1) is 23.0 Å². The first-order valence-electron chi connectivity index (χ1n) is 5.31. The number of nitro groups is 1. The van der Waals surface area contributed by atoms with Crippen molar-refractivity contribution in [3.05, 3.63) is 33.9 Å². The molecule has 0 aliphatic heterocycles. The zero-order chi connectivity index (χ0) is 13.9. The van der Waals surface area contributed by atoms with Gasteiger partial charge >= 0.3 is 0 Å². The third-order valence-electron chi connectivity index (χ3n) is 2.41. The van der Waals surface area contributed by atoms with Gasteiger partial charge in [-0.3, -0.25) is 10.1 Å². The number of aryl methyl sites for hydroxylation is 1. The minimum absolute atomic E-state index is 0.193. The van der Waals surface area contributed by atoms with E-state index < -0.39 is 14.8 Å². The number of hydrogen-bond acceptors (Lipinski definition) is 4. The topological polar surface area (TPSA) is 77.3 Å². The molecule has 100 valence electrons. The highest BCUT2D eigenvalue weighted by Gasteiger charge is 2.27. The van der Waals surface area contributed by atoms with Crippen LogP contribution in [0.15, 0.2) is 23.1 Å². The molecule has 0 aromatic heterocycles. The Morgan fingerprint density at radius 2 is 2.06 bits per heavy atom. The summed E-state index contributed by atoms with van der Waals surface area (Å²) in [6.45, 7) is 3.37. The summed E-state index contributed by atoms with van der Waals surface area (Å²) in [5, 5.41) is 10.9. The van der Waals surface area contributed by atoms with Crippen molar-refractivity contribution in [1.29, 1.82) is 0 Å². The van der Waals surface area contributed by atoms with Gasteiger partial charge in [0.2, 0.25) is 0 Å². The SMILES string of the molecule is Cc1ccc([N+](=O)[O-])c(S(=O)(=O)CC(C)CCl)c1. The van der Waals surface area contributed by atoms with Crippen LogP contribution in [0.25, 0.3) is 0 Å². The van der Waals surface area contributed by atoms with Crippen molar-refractivity contribution in [3.8, 4) is 0 Å². The number of halogens is 1. The normalized spacial score (nSPS) is 13.3. The summed E-state index contributed by atoms with van der Waals surface area (Å²) in [5.74, 6) is -0.253. The Bertz CT molecular complexity index is 556. The molecule has 0 saturated carbocycles. The highest BCUT2D eigenvalue weighted by molar-refractivity contribution is 7.91. The zero-order valence-corrected chi connectivity index (χ0v) is 11.7. The second-order valence-corrected chi connectivity index (χ2v) is 6.58. The Morgan fingerprint density at radius 1 is 1.44 bits per heavy atom. The van der Waals surface area contributed by atoms with Gasteiger partial charge in [-0.05, 0) is 24.5 Å². The van der Waals surface area contributed by atoms with Crippen molar-refractivity contribution in [2.45, 2.75) is 18.7 Å². The average Bonchev–Trinajstić information content (AvgIpc) is 2.27. The standard InChI is InChI=1S/C11H14ClNO4S/c1-8-3-4-10(13(14)15)11(5-8)18(16,17)7-9(2)6-12/h3-5,9H,6-7H2,1-2H3.